The Morgan fingerprint density at radius 2 is 1.79 bits per heavy atom. The summed E-state index contributed by atoms with van der Waals surface area (Å²) in [5, 5.41) is 3.51. The zero-order valence-electron chi connectivity index (χ0n) is 14.9. The van der Waals surface area contributed by atoms with Gasteiger partial charge in [0, 0.05) is 17.5 Å². The number of carbonyl (C=O) groups excluding carboxylic acids is 1. The normalized spacial score (nSPS) is 19.6. The van der Waals surface area contributed by atoms with Crippen molar-refractivity contribution in [1.82, 2.24) is 0 Å². The lowest BCUT2D eigenvalue weighted by Crippen LogP contribution is -2.42. The summed E-state index contributed by atoms with van der Waals surface area (Å²) in [5.74, 6) is -0.702. The SMILES string of the molecule is Cc1cc(C2=NO[C@@](c3cccc(C(F)(F)F)c3)(C(F)(F)F)C2)ccc1C(N)=O. The Labute approximate surface area is 160 Å². The molecule has 10 heteroatoms. The van der Waals surface area contributed by atoms with Crippen LogP contribution < -0.4 is 5.73 Å². The maximum absolute atomic E-state index is 13.9. The van der Waals surface area contributed by atoms with Gasteiger partial charge in [0.05, 0.1) is 11.3 Å². The molecule has 3 rings (SSSR count). The van der Waals surface area contributed by atoms with Crippen LogP contribution in [0.3, 0.4) is 0 Å². The summed E-state index contributed by atoms with van der Waals surface area (Å²) >= 11 is 0. The van der Waals surface area contributed by atoms with Crippen molar-refractivity contribution in [2.24, 2.45) is 10.9 Å². The van der Waals surface area contributed by atoms with E-state index in [1.807, 2.05) is 0 Å². The van der Waals surface area contributed by atoms with Gasteiger partial charge >= 0.3 is 12.4 Å². The summed E-state index contributed by atoms with van der Waals surface area (Å²) in [4.78, 5) is 16.1. The fourth-order valence-electron chi connectivity index (χ4n) is 3.12. The van der Waals surface area contributed by atoms with Crippen molar-refractivity contribution in [1.29, 1.82) is 0 Å². The highest BCUT2D eigenvalue weighted by Crippen LogP contribution is 2.49. The molecule has 2 aromatic rings. The minimum atomic E-state index is -5.04. The van der Waals surface area contributed by atoms with Gasteiger partial charge in [0.1, 0.15) is 0 Å². The van der Waals surface area contributed by atoms with Crippen LogP contribution in [0.15, 0.2) is 47.6 Å². The van der Waals surface area contributed by atoms with E-state index in [9.17, 15) is 31.1 Å². The van der Waals surface area contributed by atoms with Crippen LogP contribution in [0, 0.1) is 6.92 Å². The van der Waals surface area contributed by atoms with E-state index in [2.05, 4.69) is 5.16 Å². The molecule has 29 heavy (non-hydrogen) atoms. The number of oxime groups is 1. The third-order valence-corrected chi connectivity index (χ3v) is 4.67. The molecule has 4 nitrogen and oxygen atoms in total. The number of amides is 1. The Kier molecular flexibility index (Phi) is 4.84. The van der Waals surface area contributed by atoms with Gasteiger partial charge in [-0.15, -0.1) is 0 Å². The van der Waals surface area contributed by atoms with Crippen LogP contribution >= 0.6 is 0 Å². The molecule has 1 amide bonds. The minimum Gasteiger partial charge on any atom is -0.374 e. The quantitative estimate of drug-likeness (QED) is 0.738. The molecule has 0 unspecified atom stereocenters. The number of benzene rings is 2. The van der Waals surface area contributed by atoms with Crippen LogP contribution in [0.1, 0.15) is 39.0 Å². The van der Waals surface area contributed by atoms with Crippen LogP contribution in [-0.2, 0) is 16.6 Å². The molecule has 0 aromatic heterocycles. The highest BCUT2D eigenvalue weighted by molar-refractivity contribution is 6.03. The number of carbonyl (C=O) groups is 1. The van der Waals surface area contributed by atoms with Crippen LogP contribution in [0.5, 0.6) is 0 Å². The van der Waals surface area contributed by atoms with Gasteiger partial charge in [0.15, 0.2) is 0 Å². The molecule has 0 radical (unpaired) electrons. The molecule has 0 fully saturated rings. The van der Waals surface area contributed by atoms with Crippen molar-refractivity contribution in [3.63, 3.8) is 0 Å². The highest BCUT2D eigenvalue weighted by Gasteiger charge is 2.62. The van der Waals surface area contributed by atoms with Crippen molar-refractivity contribution >= 4 is 11.6 Å². The predicted molar refractivity (Wildman–Crippen MR) is 91.1 cm³/mol. The molecule has 2 N–H and O–H groups in total. The van der Waals surface area contributed by atoms with Crippen molar-refractivity contribution in [3.05, 3.63) is 70.3 Å². The third-order valence-electron chi connectivity index (χ3n) is 4.67. The summed E-state index contributed by atoms with van der Waals surface area (Å²) in [6.07, 6.45) is -10.7. The Bertz CT molecular complexity index is 997. The first-order valence-corrected chi connectivity index (χ1v) is 8.25. The van der Waals surface area contributed by atoms with Gasteiger partial charge in [-0.2, -0.15) is 26.3 Å². The van der Waals surface area contributed by atoms with E-state index in [0.29, 0.717) is 17.7 Å². The van der Waals surface area contributed by atoms with E-state index in [-0.39, 0.29) is 16.8 Å². The van der Waals surface area contributed by atoms with Crippen molar-refractivity contribution < 1.29 is 36.0 Å². The largest absolute Gasteiger partial charge is 0.435 e. The van der Waals surface area contributed by atoms with Crippen LogP contribution in [0.25, 0.3) is 0 Å². The average molecular weight is 416 g/mol. The van der Waals surface area contributed by atoms with Crippen molar-refractivity contribution in [2.45, 2.75) is 31.3 Å². The lowest BCUT2D eigenvalue weighted by Gasteiger charge is -2.30. The number of alkyl halides is 6. The molecule has 1 heterocycles. The molecule has 0 spiro atoms. The minimum absolute atomic E-state index is 0.112. The fraction of sp³-hybridized carbons (Fsp3) is 0.263. The summed E-state index contributed by atoms with van der Waals surface area (Å²) in [6, 6.07) is 7.01. The van der Waals surface area contributed by atoms with Gasteiger partial charge in [0.2, 0.25) is 5.91 Å². The van der Waals surface area contributed by atoms with Gasteiger partial charge in [-0.05, 0) is 42.3 Å². The van der Waals surface area contributed by atoms with Gasteiger partial charge in [0.25, 0.3) is 5.60 Å². The van der Waals surface area contributed by atoms with Gasteiger partial charge < -0.3 is 10.6 Å². The van der Waals surface area contributed by atoms with E-state index < -0.39 is 41.4 Å². The van der Waals surface area contributed by atoms with Crippen LogP contribution in [0.2, 0.25) is 0 Å². The first-order valence-electron chi connectivity index (χ1n) is 8.25. The maximum atomic E-state index is 13.9. The number of halogens is 6. The van der Waals surface area contributed by atoms with E-state index in [1.54, 1.807) is 6.92 Å². The second-order valence-electron chi connectivity index (χ2n) is 6.60. The van der Waals surface area contributed by atoms with E-state index in [4.69, 9.17) is 10.6 Å². The second-order valence-corrected chi connectivity index (χ2v) is 6.60. The number of nitrogens with zero attached hydrogens (tertiary/aromatic N) is 1. The van der Waals surface area contributed by atoms with Crippen molar-refractivity contribution in [2.75, 3.05) is 0 Å². The second kappa shape index (κ2) is 6.78. The Hall–Kier alpha value is -3.04. The summed E-state index contributed by atoms with van der Waals surface area (Å²) in [5.41, 5.74) is 0.959. The molecule has 0 bridgehead atoms. The highest BCUT2D eigenvalue weighted by atomic mass is 19.4. The first kappa shape index (κ1) is 20.7. The Balaban J connectivity index is 2.02. The van der Waals surface area contributed by atoms with Gasteiger partial charge in [-0.3, -0.25) is 4.79 Å². The molecule has 0 saturated heterocycles. The molecule has 2 aromatic carbocycles. The van der Waals surface area contributed by atoms with Crippen LogP contribution in [0.4, 0.5) is 26.3 Å². The molecular formula is C19H14F6N2O2. The van der Waals surface area contributed by atoms with E-state index >= 15 is 0 Å². The summed E-state index contributed by atoms with van der Waals surface area (Å²) in [6.45, 7) is 1.55. The molecule has 1 aliphatic rings. The summed E-state index contributed by atoms with van der Waals surface area (Å²) in [7, 11) is 0. The molecular weight excluding hydrogens is 402 g/mol. The van der Waals surface area contributed by atoms with Crippen LogP contribution in [-0.4, -0.2) is 17.8 Å². The number of aryl methyl sites for hydroxylation is 1. The van der Waals surface area contributed by atoms with Crippen molar-refractivity contribution in [3.8, 4) is 0 Å². The standard InChI is InChI=1S/C19H14F6N2O2/c1-10-7-11(5-6-14(10)16(26)28)15-9-17(29-27-15,19(23,24)25)12-3-2-4-13(8-12)18(20,21)22/h2-8H,9H2,1H3,(H2,26,28)/t17-/m0/s1. The molecule has 154 valence electrons. The zero-order chi connectivity index (χ0) is 21.6. The Morgan fingerprint density at radius 3 is 2.34 bits per heavy atom. The van der Waals surface area contributed by atoms with Gasteiger partial charge in [-0.25, -0.2) is 0 Å². The zero-order valence-corrected chi connectivity index (χ0v) is 14.9. The topological polar surface area (TPSA) is 64.7 Å². The first-order chi connectivity index (χ1) is 13.3. The smallest absolute Gasteiger partial charge is 0.374 e. The number of rotatable bonds is 3. The molecule has 0 saturated carbocycles. The fourth-order valence-corrected chi connectivity index (χ4v) is 3.12. The number of nitrogens with two attached hydrogens (primary N) is 1. The molecule has 0 aliphatic carbocycles. The molecule has 1 aliphatic heterocycles. The van der Waals surface area contributed by atoms with E-state index in [0.717, 1.165) is 12.1 Å². The summed E-state index contributed by atoms with van der Waals surface area (Å²) < 4.78 is 80.7. The number of hydrogen-bond donors (Lipinski definition) is 1. The Morgan fingerprint density at radius 1 is 1.10 bits per heavy atom. The number of hydrogen-bond acceptors (Lipinski definition) is 3. The average Bonchev–Trinajstić information content (AvgIpc) is 3.07. The lowest BCUT2D eigenvalue weighted by molar-refractivity contribution is -0.276. The number of primary amides is 1. The lowest BCUT2D eigenvalue weighted by atomic mass is 9.85. The predicted octanol–water partition coefficient (Wildman–Crippen LogP) is 4.69. The maximum Gasteiger partial charge on any atom is 0.435 e. The van der Waals surface area contributed by atoms with E-state index in [1.165, 1.54) is 18.2 Å². The molecule has 1 atom stereocenters. The third kappa shape index (κ3) is 3.66. The monoisotopic (exact) mass is 416 g/mol. The van der Waals surface area contributed by atoms with Gasteiger partial charge in [-0.1, -0.05) is 23.4 Å².